The third kappa shape index (κ3) is 6.76. The van der Waals surface area contributed by atoms with Gasteiger partial charge in [0.05, 0.1) is 6.10 Å². The maximum atomic E-state index is 12.3. The Morgan fingerprint density at radius 3 is 2.27 bits per heavy atom. The summed E-state index contributed by atoms with van der Waals surface area (Å²) in [5.74, 6) is -0.508. The average Bonchev–Trinajstić information content (AvgIpc) is 2.61. The minimum atomic E-state index is -0.846. The highest BCUT2D eigenvalue weighted by Gasteiger charge is 2.24. The average molecular weight is 376 g/mol. The molecular formula is C20H22ClNO4. The summed E-state index contributed by atoms with van der Waals surface area (Å²) >= 11 is 5.88. The molecule has 0 aliphatic carbocycles. The number of carbonyl (C=O) groups excluding carboxylic acids is 2. The molecule has 26 heavy (non-hydrogen) atoms. The van der Waals surface area contributed by atoms with Gasteiger partial charge in [0.2, 0.25) is 0 Å². The number of esters is 1. The van der Waals surface area contributed by atoms with E-state index in [0.717, 1.165) is 11.1 Å². The zero-order valence-electron chi connectivity index (χ0n) is 14.8. The lowest BCUT2D eigenvalue weighted by atomic mass is 10.1. The predicted octanol–water partition coefficient (Wildman–Crippen LogP) is 4.13. The first-order valence-electron chi connectivity index (χ1n) is 8.36. The van der Waals surface area contributed by atoms with E-state index in [0.29, 0.717) is 5.02 Å². The van der Waals surface area contributed by atoms with Crippen molar-refractivity contribution in [2.24, 2.45) is 0 Å². The van der Waals surface area contributed by atoms with Crippen LogP contribution in [0.4, 0.5) is 4.79 Å². The van der Waals surface area contributed by atoms with E-state index in [4.69, 9.17) is 21.1 Å². The van der Waals surface area contributed by atoms with Crippen LogP contribution in [0, 0.1) is 0 Å². The monoisotopic (exact) mass is 375 g/mol. The fraction of sp³-hybridized carbons (Fsp3) is 0.300. The van der Waals surface area contributed by atoms with Gasteiger partial charge in [-0.2, -0.15) is 0 Å². The van der Waals surface area contributed by atoms with E-state index < -0.39 is 18.1 Å². The third-order valence-corrected chi connectivity index (χ3v) is 3.75. The van der Waals surface area contributed by atoms with Gasteiger partial charge in [-0.25, -0.2) is 9.59 Å². The van der Waals surface area contributed by atoms with Crippen molar-refractivity contribution in [2.45, 2.75) is 39.0 Å². The fourth-order valence-corrected chi connectivity index (χ4v) is 2.40. The summed E-state index contributed by atoms with van der Waals surface area (Å²) in [6.45, 7) is 3.63. The van der Waals surface area contributed by atoms with Gasteiger partial charge < -0.3 is 14.8 Å². The predicted molar refractivity (Wildman–Crippen MR) is 99.9 cm³/mol. The molecule has 1 N–H and O–H groups in total. The SMILES string of the molecule is CC(C)OC(=O)C(Cc1ccc(Cl)cc1)NC(=O)OCc1ccccc1. The minimum Gasteiger partial charge on any atom is -0.461 e. The summed E-state index contributed by atoms with van der Waals surface area (Å²) in [5, 5.41) is 3.19. The molecule has 6 heteroatoms. The second kappa shape index (κ2) is 9.82. The molecule has 5 nitrogen and oxygen atoms in total. The molecule has 0 spiro atoms. The van der Waals surface area contributed by atoms with Crippen molar-refractivity contribution >= 4 is 23.7 Å². The number of benzene rings is 2. The van der Waals surface area contributed by atoms with E-state index >= 15 is 0 Å². The lowest BCUT2D eigenvalue weighted by molar-refractivity contribution is -0.149. The zero-order valence-corrected chi connectivity index (χ0v) is 15.5. The Labute approximate surface area is 158 Å². The van der Waals surface area contributed by atoms with Crippen LogP contribution in [0.5, 0.6) is 0 Å². The van der Waals surface area contributed by atoms with Crippen LogP contribution in [0.3, 0.4) is 0 Å². The summed E-state index contributed by atoms with van der Waals surface area (Å²) in [5.41, 5.74) is 1.71. The number of amides is 1. The number of nitrogens with one attached hydrogen (secondary N) is 1. The molecule has 0 aliphatic rings. The Morgan fingerprint density at radius 2 is 1.65 bits per heavy atom. The topological polar surface area (TPSA) is 64.6 Å². The molecule has 0 aromatic heterocycles. The Balaban J connectivity index is 1.99. The molecule has 0 aliphatic heterocycles. The highest BCUT2D eigenvalue weighted by Crippen LogP contribution is 2.12. The van der Waals surface area contributed by atoms with Crippen LogP contribution in [-0.4, -0.2) is 24.2 Å². The lowest BCUT2D eigenvalue weighted by Gasteiger charge is -2.19. The van der Waals surface area contributed by atoms with E-state index in [2.05, 4.69) is 5.32 Å². The van der Waals surface area contributed by atoms with Crippen LogP contribution < -0.4 is 5.32 Å². The largest absolute Gasteiger partial charge is 0.461 e. The summed E-state index contributed by atoms with van der Waals surface area (Å²) in [7, 11) is 0. The van der Waals surface area contributed by atoms with Crippen molar-refractivity contribution in [1.29, 1.82) is 0 Å². The van der Waals surface area contributed by atoms with E-state index in [1.165, 1.54) is 0 Å². The van der Waals surface area contributed by atoms with Gasteiger partial charge in [-0.05, 0) is 37.1 Å². The number of ether oxygens (including phenoxy) is 2. The van der Waals surface area contributed by atoms with Crippen LogP contribution in [0.25, 0.3) is 0 Å². The Hall–Kier alpha value is -2.53. The highest BCUT2D eigenvalue weighted by molar-refractivity contribution is 6.30. The van der Waals surface area contributed by atoms with Gasteiger partial charge in [-0.3, -0.25) is 0 Å². The first-order valence-corrected chi connectivity index (χ1v) is 8.74. The smallest absolute Gasteiger partial charge is 0.408 e. The van der Waals surface area contributed by atoms with Gasteiger partial charge >= 0.3 is 12.1 Å². The molecule has 2 aromatic rings. The maximum absolute atomic E-state index is 12.3. The number of hydrogen-bond donors (Lipinski definition) is 1. The summed E-state index contributed by atoms with van der Waals surface area (Å²) in [6, 6.07) is 15.5. The molecule has 138 valence electrons. The van der Waals surface area contributed by atoms with Crippen molar-refractivity contribution in [2.75, 3.05) is 0 Å². The second-order valence-corrected chi connectivity index (χ2v) is 6.51. The van der Waals surface area contributed by atoms with Crippen LogP contribution in [-0.2, 0) is 27.3 Å². The molecule has 0 bridgehead atoms. The highest BCUT2D eigenvalue weighted by atomic mass is 35.5. The summed E-state index contributed by atoms with van der Waals surface area (Å²) < 4.78 is 10.4. The number of alkyl carbamates (subject to hydrolysis) is 1. The van der Waals surface area contributed by atoms with Crippen LogP contribution in [0.1, 0.15) is 25.0 Å². The van der Waals surface area contributed by atoms with Gasteiger partial charge in [-0.1, -0.05) is 54.1 Å². The van der Waals surface area contributed by atoms with Crippen molar-refractivity contribution < 1.29 is 19.1 Å². The van der Waals surface area contributed by atoms with Crippen molar-refractivity contribution in [3.8, 4) is 0 Å². The van der Waals surface area contributed by atoms with Gasteiger partial charge in [0.15, 0.2) is 0 Å². The van der Waals surface area contributed by atoms with Crippen molar-refractivity contribution in [1.82, 2.24) is 5.32 Å². The Bertz CT molecular complexity index is 716. The van der Waals surface area contributed by atoms with Crippen LogP contribution >= 0.6 is 11.6 Å². The molecule has 0 radical (unpaired) electrons. The summed E-state index contributed by atoms with van der Waals surface area (Å²) in [4.78, 5) is 24.4. The van der Waals surface area contributed by atoms with Crippen LogP contribution in [0.15, 0.2) is 54.6 Å². The molecule has 0 heterocycles. The molecule has 1 atom stereocenters. The Kier molecular flexibility index (Phi) is 7.48. The quantitative estimate of drug-likeness (QED) is 0.739. The number of hydrogen-bond acceptors (Lipinski definition) is 4. The first-order chi connectivity index (χ1) is 12.4. The van der Waals surface area contributed by atoms with Gasteiger partial charge in [-0.15, -0.1) is 0 Å². The second-order valence-electron chi connectivity index (χ2n) is 6.07. The number of rotatable bonds is 7. The van der Waals surface area contributed by atoms with E-state index in [-0.39, 0.29) is 19.1 Å². The van der Waals surface area contributed by atoms with Gasteiger partial charge in [0, 0.05) is 11.4 Å². The fourth-order valence-electron chi connectivity index (χ4n) is 2.27. The standard InChI is InChI=1S/C20H22ClNO4/c1-14(2)26-19(23)18(12-15-8-10-17(21)11-9-15)22-20(24)25-13-16-6-4-3-5-7-16/h3-11,14,18H,12-13H2,1-2H3,(H,22,24). The molecule has 0 saturated heterocycles. The normalized spacial score (nSPS) is 11.7. The molecule has 0 saturated carbocycles. The first kappa shape index (κ1) is 19.8. The summed E-state index contributed by atoms with van der Waals surface area (Å²) in [6.07, 6.45) is -0.672. The van der Waals surface area contributed by atoms with Gasteiger partial charge in [0.25, 0.3) is 0 Å². The molecule has 2 aromatic carbocycles. The number of carbonyl (C=O) groups is 2. The molecule has 1 amide bonds. The van der Waals surface area contributed by atoms with E-state index in [9.17, 15) is 9.59 Å². The molecular weight excluding hydrogens is 354 g/mol. The lowest BCUT2D eigenvalue weighted by Crippen LogP contribution is -2.44. The molecule has 0 fully saturated rings. The van der Waals surface area contributed by atoms with E-state index in [1.807, 2.05) is 30.3 Å². The molecule has 1 unspecified atom stereocenters. The number of halogens is 1. The Morgan fingerprint density at radius 1 is 1.00 bits per heavy atom. The molecule has 2 rings (SSSR count). The van der Waals surface area contributed by atoms with E-state index in [1.54, 1.807) is 38.1 Å². The zero-order chi connectivity index (χ0) is 18.9. The van der Waals surface area contributed by atoms with Crippen molar-refractivity contribution in [3.63, 3.8) is 0 Å². The van der Waals surface area contributed by atoms with Crippen LogP contribution in [0.2, 0.25) is 5.02 Å². The maximum Gasteiger partial charge on any atom is 0.408 e. The third-order valence-electron chi connectivity index (χ3n) is 3.49. The van der Waals surface area contributed by atoms with Gasteiger partial charge in [0.1, 0.15) is 12.6 Å². The van der Waals surface area contributed by atoms with Crippen molar-refractivity contribution in [3.05, 3.63) is 70.7 Å². The minimum absolute atomic E-state index is 0.125.